The molecule has 3 aromatic carbocycles. The van der Waals surface area contributed by atoms with E-state index >= 15 is 0 Å². The second kappa shape index (κ2) is 8.59. The number of hydrogen-bond donors (Lipinski definition) is 2. The van der Waals surface area contributed by atoms with Gasteiger partial charge in [0.15, 0.2) is 5.76 Å². The minimum Gasteiger partial charge on any atom is -0.486 e. The number of furan rings is 1. The van der Waals surface area contributed by atoms with Crippen LogP contribution in [0.2, 0.25) is 0 Å². The van der Waals surface area contributed by atoms with E-state index in [4.69, 9.17) is 9.15 Å². The number of benzene rings is 3. The van der Waals surface area contributed by atoms with Gasteiger partial charge in [-0.1, -0.05) is 36.4 Å². The van der Waals surface area contributed by atoms with Gasteiger partial charge < -0.3 is 19.8 Å². The number of hydrogen-bond acceptors (Lipinski definition) is 4. The Kier molecular flexibility index (Phi) is 5.34. The summed E-state index contributed by atoms with van der Waals surface area (Å²) in [5.41, 5.74) is 1.04. The van der Waals surface area contributed by atoms with Crippen molar-refractivity contribution in [1.29, 1.82) is 0 Å². The highest BCUT2D eigenvalue weighted by atomic mass is 16.5. The van der Waals surface area contributed by atoms with Crippen LogP contribution < -0.4 is 15.4 Å². The molecule has 0 radical (unpaired) electrons. The minimum atomic E-state index is -0.387. The van der Waals surface area contributed by atoms with Crippen LogP contribution in [-0.4, -0.2) is 17.9 Å². The third-order valence-corrected chi connectivity index (χ3v) is 5.28. The van der Waals surface area contributed by atoms with Gasteiger partial charge in [-0.25, -0.2) is 0 Å². The van der Waals surface area contributed by atoms with Gasteiger partial charge in [-0.15, -0.1) is 0 Å². The van der Waals surface area contributed by atoms with Crippen molar-refractivity contribution < 1.29 is 18.7 Å². The molecule has 0 unspecified atom stereocenters. The smallest absolute Gasteiger partial charge is 0.291 e. The zero-order chi connectivity index (χ0) is 21.9. The van der Waals surface area contributed by atoms with Crippen molar-refractivity contribution in [3.63, 3.8) is 0 Å². The van der Waals surface area contributed by atoms with E-state index in [1.165, 1.54) is 0 Å². The molecule has 32 heavy (non-hydrogen) atoms. The molecular formula is C26H22N2O4. The quantitative estimate of drug-likeness (QED) is 0.428. The summed E-state index contributed by atoms with van der Waals surface area (Å²) in [6.07, 6.45) is 2.04. The summed E-state index contributed by atoms with van der Waals surface area (Å²) in [7, 11) is 0. The number of ether oxygens (including phenoxy) is 1. The van der Waals surface area contributed by atoms with Crippen LogP contribution in [0.4, 0.5) is 5.69 Å². The van der Waals surface area contributed by atoms with Gasteiger partial charge in [0.05, 0.1) is 0 Å². The van der Waals surface area contributed by atoms with Crippen LogP contribution in [0.5, 0.6) is 5.75 Å². The van der Waals surface area contributed by atoms with Gasteiger partial charge in [-0.3, -0.25) is 9.59 Å². The highest BCUT2D eigenvalue weighted by molar-refractivity contribution is 6.03. The molecule has 0 saturated heterocycles. The Morgan fingerprint density at radius 1 is 0.875 bits per heavy atom. The van der Waals surface area contributed by atoms with E-state index in [9.17, 15) is 9.59 Å². The first kappa shape index (κ1) is 19.9. The monoisotopic (exact) mass is 426 g/mol. The Hall–Kier alpha value is -4.06. The van der Waals surface area contributed by atoms with Gasteiger partial charge in [0.25, 0.3) is 11.8 Å². The maximum Gasteiger partial charge on any atom is 0.291 e. The van der Waals surface area contributed by atoms with Crippen LogP contribution in [0.1, 0.15) is 39.5 Å². The summed E-state index contributed by atoms with van der Waals surface area (Å²) in [6.45, 7) is 0.211. The van der Waals surface area contributed by atoms with Crippen LogP contribution >= 0.6 is 0 Å². The van der Waals surface area contributed by atoms with E-state index in [1.807, 2.05) is 42.5 Å². The van der Waals surface area contributed by atoms with Crippen molar-refractivity contribution in [2.24, 2.45) is 0 Å². The van der Waals surface area contributed by atoms with Crippen LogP contribution in [0, 0.1) is 0 Å². The van der Waals surface area contributed by atoms with Crippen LogP contribution in [-0.2, 0) is 6.61 Å². The van der Waals surface area contributed by atoms with Crippen molar-refractivity contribution in [1.82, 2.24) is 5.32 Å². The predicted octanol–water partition coefficient (Wildman–Crippen LogP) is 5.16. The third kappa shape index (κ3) is 4.64. The molecule has 1 aliphatic carbocycles. The summed E-state index contributed by atoms with van der Waals surface area (Å²) in [5, 5.41) is 7.95. The second-order valence-electron chi connectivity index (χ2n) is 7.85. The Balaban J connectivity index is 1.20. The normalized spacial score (nSPS) is 13.0. The molecule has 6 nitrogen and oxygen atoms in total. The number of fused-ring (bicyclic) bond motifs is 1. The first-order chi connectivity index (χ1) is 15.6. The van der Waals surface area contributed by atoms with Crippen LogP contribution in [0.15, 0.2) is 83.3 Å². The molecular weight excluding hydrogens is 404 g/mol. The van der Waals surface area contributed by atoms with E-state index in [0.717, 1.165) is 29.4 Å². The Labute approximate surface area is 185 Å². The molecule has 1 aromatic heterocycles. The first-order valence-corrected chi connectivity index (χ1v) is 10.6. The lowest BCUT2D eigenvalue weighted by Gasteiger charge is -2.07. The molecule has 5 rings (SSSR count). The lowest BCUT2D eigenvalue weighted by molar-refractivity contribution is 0.0948. The van der Waals surface area contributed by atoms with E-state index < -0.39 is 0 Å². The third-order valence-electron chi connectivity index (χ3n) is 5.28. The minimum absolute atomic E-state index is 0.130. The number of rotatable bonds is 7. The highest BCUT2D eigenvalue weighted by Gasteiger charge is 2.24. The zero-order valence-electron chi connectivity index (χ0n) is 17.3. The Morgan fingerprint density at radius 3 is 2.56 bits per heavy atom. The van der Waals surface area contributed by atoms with Gasteiger partial charge in [-0.05, 0) is 66.1 Å². The van der Waals surface area contributed by atoms with E-state index in [2.05, 4.69) is 10.6 Å². The molecule has 0 spiro atoms. The number of carbonyl (C=O) groups is 2. The van der Waals surface area contributed by atoms with Crippen molar-refractivity contribution in [3.8, 4) is 5.75 Å². The maximum absolute atomic E-state index is 12.6. The molecule has 6 heteroatoms. The standard InChI is InChI=1S/C26H22N2O4/c29-25(27-20-9-10-20)19-6-3-7-21(14-19)28-26(30)24-13-12-23(32-24)16-31-22-11-8-17-4-1-2-5-18(17)15-22/h1-8,11-15,20H,9-10,16H2,(H,27,29)(H,28,30). The number of nitrogens with one attached hydrogen (secondary N) is 2. The zero-order valence-corrected chi connectivity index (χ0v) is 17.3. The lowest BCUT2D eigenvalue weighted by atomic mass is 10.1. The fourth-order valence-corrected chi connectivity index (χ4v) is 3.42. The van der Waals surface area contributed by atoms with E-state index in [-0.39, 0.29) is 30.2 Å². The SMILES string of the molecule is O=C(NC1CC1)c1cccc(NC(=O)c2ccc(COc3ccc4ccccc4c3)o2)c1. The largest absolute Gasteiger partial charge is 0.486 e. The molecule has 0 bridgehead atoms. The van der Waals surface area contributed by atoms with Crippen molar-refractivity contribution in [3.05, 3.63) is 95.9 Å². The highest BCUT2D eigenvalue weighted by Crippen LogP contribution is 2.22. The van der Waals surface area contributed by atoms with Gasteiger partial charge in [0, 0.05) is 17.3 Å². The molecule has 0 atom stereocenters. The molecule has 160 valence electrons. The number of amides is 2. The molecule has 1 aliphatic rings. The topological polar surface area (TPSA) is 80.6 Å². The fraction of sp³-hybridized carbons (Fsp3) is 0.154. The van der Waals surface area contributed by atoms with Gasteiger partial charge in [0.1, 0.15) is 18.1 Å². The summed E-state index contributed by atoms with van der Waals surface area (Å²) >= 11 is 0. The predicted molar refractivity (Wildman–Crippen MR) is 122 cm³/mol. The summed E-state index contributed by atoms with van der Waals surface area (Å²) in [5.74, 6) is 0.930. The molecule has 4 aromatic rings. The number of anilines is 1. The lowest BCUT2D eigenvalue weighted by Crippen LogP contribution is -2.25. The summed E-state index contributed by atoms with van der Waals surface area (Å²) in [6, 6.07) is 24.4. The van der Waals surface area contributed by atoms with Crippen molar-refractivity contribution in [2.45, 2.75) is 25.5 Å². The number of carbonyl (C=O) groups excluding carboxylic acids is 2. The molecule has 1 heterocycles. The summed E-state index contributed by atoms with van der Waals surface area (Å²) in [4.78, 5) is 24.8. The maximum atomic E-state index is 12.6. The van der Waals surface area contributed by atoms with Crippen LogP contribution in [0.25, 0.3) is 10.8 Å². The Bertz CT molecular complexity index is 1290. The Morgan fingerprint density at radius 2 is 1.72 bits per heavy atom. The van der Waals surface area contributed by atoms with Gasteiger partial charge in [0.2, 0.25) is 0 Å². The van der Waals surface area contributed by atoms with E-state index in [1.54, 1.807) is 36.4 Å². The van der Waals surface area contributed by atoms with Crippen LogP contribution in [0.3, 0.4) is 0 Å². The second-order valence-corrected chi connectivity index (χ2v) is 7.85. The van der Waals surface area contributed by atoms with Gasteiger partial charge in [-0.2, -0.15) is 0 Å². The molecule has 2 N–H and O–H groups in total. The molecule has 0 aliphatic heterocycles. The van der Waals surface area contributed by atoms with Gasteiger partial charge >= 0.3 is 0 Å². The molecule has 1 fully saturated rings. The summed E-state index contributed by atoms with van der Waals surface area (Å²) < 4.78 is 11.5. The average molecular weight is 426 g/mol. The van der Waals surface area contributed by atoms with Crippen molar-refractivity contribution in [2.75, 3.05) is 5.32 Å². The fourth-order valence-electron chi connectivity index (χ4n) is 3.42. The van der Waals surface area contributed by atoms with E-state index in [0.29, 0.717) is 17.0 Å². The van der Waals surface area contributed by atoms with Crippen molar-refractivity contribution >= 4 is 28.3 Å². The molecule has 1 saturated carbocycles. The molecule has 2 amide bonds. The average Bonchev–Trinajstić information content (AvgIpc) is 3.50. The first-order valence-electron chi connectivity index (χ1n) is 10.6.